The van der Waals surface area contributed by atoms with Crippen molar-refractivity contribution in [3.05, 3.63) is 89.0 Å². The molecule has 3 aromatic carbocycles. The summed E-state index contributed by atoms with van der Waals surface area (Å²) in [7, 11) is 3.40. The SMILES string of the molecule is COc1cc(/C(=C/c2ccccc2[NH3+])[C@@H]2C=C2C)cc(-c2ccc(C(C)(C)C)cc2)c1OC. The van der Waals surface area contributed by atoms with E-state index in [1.165, 1.54) is 16.7 Å². The van der Waals surface area contributed by atoms with Gasteiger partial charge in [-0.25, -0.2) is 0 Å². The van der Waals surface area contributed by atoms with Gasteiger partial charge in [-0.1, -0.05) is 68.8 Å². The van der Waals surface area contributed by atoms with E-state index < -0.39 is 0 Å². The summed E-state index contributed by atoms with van der Waals surface area (Å²) in [4.78, 5) is 0. The lowest BCUT2D eigenvalue weighted by atomic mass is 9.86. The molecule has 3 heteroatoms. The molecule has 0 aromatic heterocycles. The van der Waals surface area contributed by atoms with Crippen LogP contribution in [0.25, 0.3) is 22.8 Å². The maximum atomic E-state index is 5.82. The van der Waals surface area contributed by atoms with Crippen LogP contribution >= 0.6 is 0 Å². The number of rotatable bonds is 6. The quantitative estimate of drug-likeness (QED) is 0.344. The third-order valence-electron chi connectivity index (χ3n) is 6.39. The normalized spacial score (nSPS) is 15.8. The highest BCUT2D eigenvalue weighted by Crippen LogP contribution is 2.47. The largest absolute Gasteiger partial charge is 0.493 e. The van der Waals surface area contributed by atoms with Gasteiger partial charge in [0.1, 0.15) is 5.69 Å². The van der Waals surface area contributed by atoms with E-state index in [4.69, 9.17) is 9.47 Å². The molecule has 170 valence electrons. The van der Waals surface area contributed by atoms with Gasteiger partial charge in [-0.15, -0.1) is 0 Å². The van der Waals surface area contributed by atoms with Crippen LogP contribution in [0.4, 0.5) is 5.69 Å². The minimum absolute atomic E-state index is 0.106. The minimum Gasteiger partial charge on any atom is -0.493 e. The highest BCUT2D eigenvalue weighted by molar-refractivity contribution is 5.92. The molecule has 33 heavy (non-hydrogen) atoms. The molecule has 0 saturated carbocycles. The molecule has 1 aliphatic carbocycles. The third-order valence-corrected chi connectivity index (χ3v) is 6.39. The fourth-order valence-corrected chi connectivity index (χ4v) is 4.24. The molecule has 0 unspecified atom stereocenters. The zero-order valence-corrected chi connectivity index (χ0v) is 20.5. The second-order valence-electron chi connectivity index (χ2n) is 9.77. The monoisotopic (exact) mass is 440 g/mol. The Labute approximate surface area is 197 Å². The Balaban J connectivity index is 1.87. The fraction of sp³-hybridized carbons (Fsp3) is 0.267. The molecule has 4 rings (SSSR count). The van der Waals surface area contributed by atoms with Crippen LogP contribution < -0.4 is 15.2 Å². The first-order valence-electron chi connectivity index (χ1n) is 11.4. The number of hydrogen-bond acceptors (Lipinski definition) is 2. The number of allylic oxidation sites excluding steroid dienone is 3. The van der Waals surface area contributed by atoms with Crippen LogP contribution in [0.1, 0.15) is 44.4 Å². The molecule has 3 nitrogen and oxygen atoms in total. The summed E-state index contributed by atoms with van der Waals surface area (Å²) in [5.41, 5.74) is 13.7. The van der Waals surface area contributed by atoms with Crippen molar-refractivity contribution < 1.29 is 15.2 Å². The molecule has 3 aromatic rings. The zero-order valence-electron chi connectivity index (χ0n) is 20.5. The molecule has 0 radical (unpaired) electrons. The van der Waals surface area contributed by atoms with Crippen LogP contribution in [0, 0.1) is 5.92 Å². The van der Waals surface area contributed by atoms with Crippen molar-refractivity contribution in [3.63, 3.8) is 0 Å². The fourth-order valence-electron chi connectivity index (χ4n) is 4.24. The van der Waals surface area contributed by atoms with E-state index in [1.807, 2.05) is 12.1 Å². The molecule has 0 fully saturated rings. The summed E-state index contributed by atoms with van der Waals surface area (Å²) < 4.78 is 11.6. The molecule has 1 aliphatic rings. The van der Waals surface area contributed by atoms with Crippen LogP contribution in [-0.4, -0.2) is 14.2 Å². The van der Waals surface area contributed by atoms with Gasteiger partial charge in [0.15, 0.2) is 11.5 Å². The average Bonchev–Trinajstić information content (AvgIpc) is 3.53. The van der Waals surface area contributed by atoms with Crippen molar-refractivity contribution in [3.8, 4) is 22.6 Å². The maximum Gasteiger partial charge on any atom is 0.168 e. The van der Waals surface area contributed by atoms with E-state index in [2.05, 4.69) is 94.1 Å². The van der Waals surface area contributed by atoms with Gasteiger partial charge in [0.2, 0.25) is 0 Å². The highest BCUT2D eigenvalue weighted by atomic mass is 16.5. The van der Waals surface area contributed by atoms with E-state index >= 15 is 0 Å². The van der Waals surface area contributed by atoms with Crippen LogP contribution in [0.15, 0.2) is 72.3 Å². The van der Waals surface area contributed by atoms with Gasteiger partial charge >= 0.3 is 0 Å². The first-order chi connectivity index (χ1) is 15.7. The highest BCUT2D eigenvalue weighted by Gasteiger charge is 2.28. The molecular weight excluding hydrogens is 406 g/mol. The smallest absolute Gasteiger partial charge is 0.168 e. The second-order valence-corrected chi connectivity index (χ2v) is 9.77. The lowest BCUT2D eigenvalue weighted by Crippen LogP contribution is -2.40. The molecule has 0 heterocycles. The van der Waals surface area contributed by atoms with Gasteiger partial charge in [-0.3, -0.25) is 0 Å². The Bertz CT molecular complexity index is 1230. The van der Waals surface area contributed by atoms with Gasteiger partial charge in [-0.2, -0.15) is 0 Å². The maximum absolute atomic E-state index is 5.82. The Morgan fingerprint density at radius 2 is 1.61 bits per heavy atom. The average molecular weight is 441 g/mol. The Morgan fingerprint density at radius 3 is 2.15 bits per heavy atom. The molecule has 3 N–H and O–H groups in total. The summed E-state index contributed by atoms with van der Waals surface area (Å²) in [5.74, 6) is 1.82. The molecule has 0 spiro atoms. The van der Waals surface area contributed by atoms with Crippen LogP contribution in [0.3, 0.4) is 0 Å². The summed E-state index contributed by atoms with van der Waals surface area (Å²) in [6.07, 6.45) is 4.56. The number of quaternary nitrogens is 1. The third kappa shape index (κ3) is 4.74. The van der Waals surface area contributed by atoms with Crippen molar-refractivity contribution in [2.75, 3.05) is 14.2 Å². The summed E-state index contributed by atoms with van der Waals surface area (Å²) in [5, 5.41) is 0. The second kappa shape index (κ2) is 8.92. The number of benzene rings is 3. The minimum atomic E-state index is 0.106. The predicted octanol–water partition coefficient (Wildman–Crippen LogP) is 6.66. The number of methoxy groups -OCH3 is 2. The van der Waals surface area contributed by atoms with E-state index in [9.17, 15) is 0 Å². The molecule has 0 bridgehead atoms. The van der Waals surface area contributed by atoms with Gasteiger partial charge in [-0.05, 0) is 64.9 Å². The van der Waals surface area contributed by atoms with E-state index in [1.54, 1.807) is 14.2 Å². The lowest BCUT2D eigenvalue weighted by molar-refractivity contribution is -0.255. The van der Waals surface area contributed by atoms with Gasteiger partial charge < -0.3 is 15.2 Å². The van der Waals surface area contributed by atoms with Crippen LogP contribution in [0.2, 0.25) is 0 Å². The molecule has 0 saturated heterocycles. The van der Waals surface area contributed by atoms with E-state index in [0.717, 1.165) is 39.4 Å². The summed E-state index contributed by atoms with van der Waals surface area (Å²) >= 11 is 0. The topological polar surface area (TPSA) is 46.1 Å². The zero-order chi connectivity index (χ0) is 23.8. The number of hydrogen-bond donors (Lipinski definition) is 1. The first kappa shape index (κ1) is 22.9. The van der Waals surface area contributed by atoms with Crippen molar-refractivity contribution in [1.29, 1.82) is 0 Å². The number of ether oxygens (including phenoxy) is 2. The standard InChI is InChI=1S/C30H33NO2/c1-19-15-24(19)25(16-21-9-7-8-10-27(21)31)22-17-26(29(33-6)28(18-22)32-5)20-11-13-23(14-12-20)30(2,3)4/h7-18,24H,31H2,1-6H3/p+1/b25-16-/t24-/m1/s1. The Morgan fingerprint density at radius 1 is 0.939 bits per heavy atom. The van der Waals surface area contributed by atoms with Crippen LogP contribution in [0.5, 0.6) is 11.5 Å². The summed E-state index contributed by atoms with van der Waals surface area (Å²) in [6.45, 7) is 8.87. The first-order valence-corrected chi connectivity index (χ1v) is 11.4. The van der Waals surface area contributed by atoms with Gasteiger partial charge in [0.25, 0.3) is 0 Å². The Hall–Kier alpha value is -3.30. The van der Waals surface area contributed by atoms with Gasteiger partial charge in [0.05, 0.1) is 14.2 Å². The van der Waals surface area contributed by atoms with E-state index in [0.29, 0.717) is 5.92 Å². The molecular formula is C30H34NO2+. The van der Waals surface area contributed by atoms with Crippen molar-refractivity contribution in [2.24, 2.45) is 5.92 Å². The van der Waals surface area contributed by atoms with E-state index in [-0.39, 0.29) is 5.41 Å². The van der Waals surface area contributed by atoms with Crippen molar-refractivity contribution >= 4 is 17.3 Å². The van der Waals surface area contributed by atoms with Gasteiger partial charge in [0, 0.05) is 17.0 Å². The molecule has 0 amide bonds. The predicted molar refractivity (Wildman–Crippen MR) is 138 cm³/mol. The molecule has 1 atom stereocenters. The lowest BCUT2D eigenvalue weighted by Gasteiger charge is -2.20. The molecule has 0 aliphatic heterocycles. The van der Waals surface area contributed by atoms with Crippen molar-refractivity contribution in [1.82, 2.24) is 0 Å². The Kier molecular flexibility index (Phi) is 6.18. The summed E-state index contributed by atoms with van der Waals surface area (Å²) in [6, 6.07) is 21.3. The van der Waals surface area contributed by atoms with Crippen LogP contribution in [-0.2, 0) is 5.41 Å². The van der Waals surface area contributed by atoms with Crippen molar-refractivity contribution in [2.45, 2.75) is 33.1 Å².